The van der Waals surface area contributed by atoms with Crippen molar-refractivity contribution >= 4 is 83.2 Å². The number of rotatable bonds is 1. The Balaban J connectivity index is 1.86. The van der Waals surface area contributed by atoms with Gasteiger partial charge < -0.3 is 13.2 Å². The van der Waals surface area contributed by atoms with Crippen molar-refractivity contribution in [1.29, 1.82) is 0 Å². The van der Waals surface area contributed by atoms with Gasteiger partial charge in [-0.3, -0.25) is 0 Å². The Morgan fingerprint density at radius 2 is 0.875 bits per heavy atom. The van der Waals surface area contributed by atoms with Gasteiger partial charge in [-0.05, 0) is 43.3 Å². The minimum Gasteiger partial charge on any atom is -0.305 e. The summed E-state index contributed by atoms with van der Waals surface area (Å²) >= 11 is 0. The summed E-state index contributed by atoms with van der Waals surface area (Å²) in [6.45, 7) is 6.57. The number of fused-ring (bicyclic) bond motifs is 11. The molecule has 3 heteroatoms. The van der Waals surface area contributed by atoms with E-state index in [-0.39, 0.29) is 0 Å². The molecular formula is C37H25N3. The molecule has 4 heterocycles. The quantitative estimate of drug-likeness (QED) is 0.209. The highest BCUT2D eigenvalue weighted by Gasteiger charge is 2.20. The van der Waals surface area contributed by atoms with Gasteiger partial charge in [-0.15, -0.1) is 0 Å². The smallest absolute Gasteiger partial charge is 0.0783 e. The van der Waals surface area contributed by atoms with Crippen LogP contribution in [0, 0.1) is 0 Å². The fraction of sp³-hybridized carbons (Fsp3) is 0.0270. The lowest BCUT2D eigenvalue weighted by Crippen LogP contribution is -2.03. The predicted octanol–water partition coefficient (Wildman–Crippen LogP) is 8.94. The molecule has 3 nitrogen and oxygen atoms in total. The summed E-state index contributed by atoms with van der Waals surface area (Å²) in [5, 5.41) is 7.44. The van der Waals surface area contributed by atoms with E-state index in [1.807, 2.05) is 6.08 Å². The molecule has 9 rings (SSSR count). The zero-order valence-electron chi connectivity index (χ0n) is 22.1. The first-order valence-corrected chi connectivity index (χ1v) is 13.8. The third kappa shape index (κ3) is 2.46. The minimum absolute atomic E-state index is 1.08. The van der Waals surface area contributed by atoms with Gasteiger partial charge >= 0.3 is 0 Å². The first kappa shape index (κ1) is 21.6. The van der Waals surface area contributed by atoms with E-state index in [1.54, 1.807) is 0 Å². The van der Waals surface area contributed by atoms with Crippen molar-refractivity contribution in [1.82, 2.24) is 13.2 Å². The molecule has 0 aliphatic carbocycles. The lowest BCUT2D eigenvalue weighted by atomic mass is 10.1. The van der Waals surface area contributed by atoms with Crippen molar-refractivity contribution in [3.05, 3.63) is 127 Å². The Kier molecular flexibility index (Phi) is 4.13. The van der Waals surface area contributed by atoms with E-state index in [0.29, 0.717) is 0 Å². The summed E-state index contributed by atoms with van der Waals surface area (Å²) in [4.78, 5) is 0. The zero-order chi connectivity index (χ0) is 26.5. The average Bonchev–Trinajstić information content (AvgIpc) is 3.64. The molecule has 0 spiro atoms. The molecule has 4 aromatic heterocycles. The second-order valence-electron chi connectivity index (χ2n) is 10.5. The van der Waals surface area contributed by atoms with Gasteiger partial charge in [0.05, 0.1) is 49.8 Å². The Hall–Kier alpha value is -5.28. The van der Waals surface area contributed by atoms with Crippen LogP contribution in [0.15, 0.2) is 116 Å². The molecule has 0 bridgehead atoms. The molecule has 40 heavy (non-hydrogen) atoms. The van der Waals surface area contributed by atoms with E-state index in [4.69, 9.17) is 0 Å². The lowest BCUT2D eigenvalue weighted by Gasteiger charge is -2.05. The third-order valence-electron chi connectivity index (χ3n) is 8.71. The van der Waals surface area contributed by atoms with Crippen LogP contribution < -0.4 is 5.22 Å². The molecule has 0 fully saturated rings. The first-order valence-electron chi connectivity index (χ1n) is 13.8. The van der Waals surface area contributed by atoms with Crippen LogP contribution in [0.2, 0.25) is 0 Å². The number of benzene rings is 5. The van der Waals surface area contributed by atoms with E-state index in [0.717, 1.165) is 11.2 Å². The van der Waals surface area contributed by atoms with E-state index >= 15 is 0 Å². The van der Waals surface area contributed by atoms with Crippen LogP contribution >= 0.6 is 0 Å². The number of hydrogen-bond donors (Lipinski definition) is 0. The Bertz CT molecular complexity index is 2620. The summed E-state index contributed by atoms with van der Waals surface area (Å²) in [5.41, 5.74) is 10.5. The fourth-order valence-corrected chi connectivity index (χ4v) is 7.22. The van der Waals surface area contributed by atoms with Crippen LogP contribution in [0.1, 0.15) is 12.6 Å². The van der Waals surface area contributed by atoms with E-state index in [1.165, 1.54) is 70.8 Å². The molecule has 5 aromatic carbocycles. The van der Waals surface area contributed by atoms with Crippen LogP contribution in [0.3, 0.4) is 0 Å². The van der Waals surface area contributed by atoms with E-state index in [9.17, 15) is 0 Å². The van der Waals surface area contributed by atoms with E-state index < -0.39 is 0 Å². The zero-order valence-corrected chi connectivity index (χ0v) is 22.1. The molecule has 0 N–H and O–H groups in total. The molecule has 0 unspecified atom stereocenters. The van der Waals surface area contributed by atoms with Crippen LogP contribution in [-0.4, -0.2) is 13.2 Å². The summed E-state index contributed by atoms with van der Waals surface area (Å²) in [7, 11) is 0. The maximum Gasteiger partial charge on any atom is 0.0783 e. The van der Waals surface area contributed by atoms with Crippen LogP contribution in [-0.2, 0) is 0 Å². The van der Waals surface area contributed by atoms with Crippen LogP contribution in [0.5, 0.6) is 0 Å². The first-order chi connectivity index (χ1) is 19.8. The summed E-state index contributed by atoms with van der Waals surface area (Å²) in [6.07, 6.45) is 4.29. The Morgan fingerprint density at radius 1 is 0.450 bits per heavy atom. The van der Waals surface area contributed by atoms with Crippen molar-refractivity contribution in [3.8, 4) is 0 Å². The maximum absolute atomic E-state index is 4.42. The molecule has 0 amide bonds. The van der Waals surface area contributed by atoms with Gasteiger partial charge in [0.2, 0.25) is 0 Å². The fourth-order valence-electron chi connectivity index (χ4n) is 7.22. The number of para-hydroxylation sites is 5. The second-order valence-corrected chi connectivity index (χ2v) is 10.5. The summed E-state index contributed by atoms with van der Waals surface area (Å²) < 4.78 is 7.39. The van der Waals surface area contributed by atoms with Crippen LogP contribution in [0.25, 0.3) is 83.2 Å². The molecule has 0 saturated carbocycles. The van der Waals surface area contributed by atoms with Gasteiger partial charge in [-0.25, -0.2) is 0 Å². The number of nitrogens with zero attached hydrogens (tertiary/aromatic N) is 3. The van der Waals surface area contributed by atoms with Gasteiger partial charge in [0.15, 0.2) is 0 Å². The molecule has 9 aromatic rings. The normalized spacial score (nSPS) is 12.9. The maximum atomic E-state index is 4.42. The van der Waals surface area contributed by atoms with Gasteiger partial charge in [0, 0.05) is 32.1 Å². The molecule has 0 aliphatic heterocycles. The monoisotopic (exact) mass is 511 g/mol. The topological polar surface area (TPSA) is 13.2 Å². The van der Waals surface area contributed by atoms with Crippen LogP contribution in [0.4, 0.5) is 0 Å². The second kappa shape index (κ2) is 7.64. The van der Waals surface area contributed by atoms with E-state index in [2.05, 4.69) is 142 Å². The van der Waals surface area contributed by atoms with Crippen molar-refractivity contribution in [2.24, 2.45) is 0 Å². The average molecular weight is 512 g/mol. The van der Waals surface area contributed by atoms with Crippen molar-refractivity contribution in [3.63, 3.8) is 0 Å². The van der Waals surface area contributed by atoms with Gasteiger partial charge in [-0.2, -0.15) is 0 Å². The highest BCUT2D eigenvalue weighted by atomic mass is 15.0. The Morgan fingerprint density at radius 3 is 1.45 bits per heavy atom. The number of hydrogen-bond acceptors (Lipinski definition) is 0. The molecular weight excluding hydrogens is 486 g/mol. The van der Waals surface area contributed by atoms with Crippen molar-refractivity contribution in [2.75, 3.05) is 0 Å². The standard InChI is InChI=1S/C37H25N3/c1-3-23-24-13-5-8-18-30(24)39-34-22-12-17-28-26-15-7-10-20-32(26)40(37(28)34)33-21-11-16-27-25-14-6-9-19-31(25)38(36(27)33)29(4-2)35(23)39/h3-22H,2H2,1H3/b23-3-,35-29?. The van der Waals surface area contributed by atoms with Gasteiger partial charge in [0.1, 0.15) is 0 Å². The highest BCUT2D eigenvalue weighted by molar-refractivity contribution is 6.19. The van der Waals surface area contributed by atoms with Crippen molar-refractivity contribution < 1.29 is 0 Å². The lowest BCUT2D eigenvalue weighted by molar-refractivity contribution is 1.22. The Labute approximate surface area is 229 Å². The predicted molar refractivity (Wildman–Crippen MR) is 171 cm³/mol. The van der Waals surface area contributed by atoms with Crippen molar-refractivity contribution in [2.45, 2.75) is 6.92 Å². The number of aromatic nitrogens is 3. The molecule has 0 atom stereocenters. The summed E-state index contributed by atoms with van der Waals surface area (Å²) in [5.74, 6) is 0. The molecule has 0 radical (unpaired) electrons. The third-order valence-corrected chi connectivity index (χ3v) is 8.71. The summed E-state index contributed by atoms with van der Waals surface area (Å²) in [6, 6.07) is 39.8. The highest BCUT2D eigenvalue weighted by Crippen LogP contribution is 2.38. The molecule has 0 aliphatic rings. The molecule has 0 saturated heterocycles. The minimum atomic E-state index is 1.08. The van der Waals surface area contributed by atoms with Gasteiger partial charge in [0.25, 0.3) is 0 Å². The largest absolute Gasteiger partial charge is 0.305 e. The van der Waals surface area contributed by atoms with Gasteiger partial charge in [-0.1, -0.05) is 91.5 Å². The molecule has 188 valence electrons. The SMILES string of the molecule is C=Cc1c2/c(=C\C)c3ccccc3n2c2cccc3c4ccccc4n(c4cccc5c6ccccc6n1c54)c32.